The normalized spacial score (nSPS) is 15.7. The van der Waals surface area contributed by atoms with E-state index < -0.39 is 23.6 Å². The van der Waals surface area contributed by atoms with Crippen LogP contribution in [0.2, 0.25) is 5.02 Å². The number of rotatable bonds is 8. The van der Waals surface area contributed by atoms with Gasteiger partial charge in [0.2, 0.25) is 5.91 Å². The second kappa shape index (κ2) is 11.1. The van der Waals surface area contributed by atoms with Crippen molar-refractivity contribution in [2.75, 3.05) is 19.0 Å². The van der Waals surface area contributed by atoms with Crippen LogP contribution < -0.4 is 14.8 Å². The van der Waals surface area contributed by atoms with Crippen molar-refractivity contribution in [2.45, 2.75) is 26.4 Å². The lowest BCUT2D eigenvalue weighted by molar-refractivity contribution is -0.127. The van der Waals surface area contributed by atoms with E-state index in [2.05, 4.69) is 21.2 Å². The number of nitrogens with one attached hydrogen (secondary N) is 1. The minimum atomic E-state index is -0.547. The zero-order valence-electron chi connectivity index (χ0n) is 18.2. The van der Waals surface area contributed by atoms with Gasteiger partial charge in [-0.2, -0.15) is 0 Å². The average molecular weight is 554 g/mol. The summed E-state index contributed by atoms with van der Waals surface area (Å²) in [6, 6.07) is 10.2. The van der Waals surface area contributed by atoms with E-state index in [0.717, 1.165) is 23.1 Å². The molecule has 1 heterocycles. The van der Waals surface area contributed by atoms with Crippen molar-refractivity contribution in [3.05, 3.63) is 56.4 Å². The van der Waals surface area contributed by atoms with Gasteiger partial charge in [-0.3, -0.25) is 19.3 Å². The van der Waals surface area contributed by atoms with Gasteiger partial charge in [-0.25, -0.2) is 0 Å². The minimum Gasteiger partial charge on any atom is -0.493 e. The molecule has 0 saturated carbocycles. The summed E-state index contributed by atoms with van der Waals surface area (Å²) < 4.78 is 12.0. The number of ether oxygens (including phenoxy) is 2. The van der Waals surface area contributed by atoms with Crippen molar-refractivity contribution in [1.82, 2.24) is 4.90 Å². The highest BCUT2D eigenvalue weighted by molar-refractivity contribution is 9.10. The van der Waals surface area contributed by atoms with Crippen molar-refractivity contribution in [3.8, 4) is 11.5 Å². The van der Waals surface area contributed by atoms with Crippen LogP contribution >= 0.6 is 39.3 Å². The highest BCUT2D eigenvalue weighted by Crippen LogP contribution is 2.39. The second-order valence-corrected chi connectivity index (χ2v) is 9.42. The summed E-state index contributed by atoms with van der Waals surface area (Å²) >= 11 is 10.3. The minimum absolute atomic E-state index is 0.00513. The Morgan fingerprint density at radius 2 is 2.03 bits per heavy atom. The highest BCUT2D eigenvalue weighted by atomic mass is 79.9. The number of halogens is 2. The van der Waals surface area contributed by atoms with Gasteiger partial charge in [0.15, 0.2) is 11.5 Å². The summed E-state index contributed by atoms with van der Waals surface area (Å²) in [5.74, 6) is -0.0143. The summed E-state index contributed by atoms with van der Waals surface area (Å²) in [5, 5.41) is 2.45. The number of para-hydroxylation sites is 1. The van der Waals surface area contributed by atoms with E-state index in [1.165, 1.54) is 7.11 Å². The molecule has 1 N–H and O–H groups in total. The predicted molar refractivity (Wildman–Crippen MR) is 134 cm³/mol. The van der Waals surface area contributed by atoms with Crippen molar-refractivity contribution >= 4 is 68.1 Å². The number of hydrogen-bond donors (Lipinski definition) is 1. The fraction of sp³-hybridized carbons (Fsp3) is 0.261. The Kier molecular flexibility index (Phi) is 8.45. The predicted octanol–water partition coefficient (Wildman–Crippen LogP) is 5.96. The Bertz CT molecular complexity index is 1120. The van der Waals surface area contributed by atoms with E-state index in [-0.39, 0.29) is 11.0 Å². The largest absolute Gasteiger partial charge is 0.493 e. The molecule has 7 nitrogen and oxygen atoms in total. The van der Waals surface area contributed by atoms with E-state index in [9.17, 15) is 14.4 Å². The maximum atomic E-state index is 12.8. The number of carbonyl (C=O) groups excluding carboxylic acids is 3. The quantitative estimate of drug-likeness (QED) is 0.406. The highest BCUT2D eigenvalue weighted by Gasteiger charge is 2.36. The maximum absolute atomic E-state index is 12.8. The Morgan fingerprint density at radius 3 is 2.70 bits per heavy atom. The van der Waals surface area contributed by atoms with Crippen LogP contribution in [-0.4, -0.2) is 41.7 Å². The SMILES string of the molecule is CC[C@@H](C)Oc1c(Br)cc(/C=C2/SC(=O)N(CC(=O)Nc3ccccc3Cl)C2=O)cc1OC. The van der Waals surface area contributed by atoms with Crippen molar-refractivity contribution in [1.29, 1.82) is 0 Å². The topological polar surface area (TPSA) is 84.9 Å². The van der Waals surface area contributed by atoms with Gasteiger partial charge in [0, 0.05) is 0 Å². The van der Waals surface area contributed by atoms with Crippen LogP contribution in [0.1, 0.15) is 25.8 Å². The molecular formula is C23H22BrClN2O5S. The van der Waals surface area contributed by atoms with Crippen LogP contribution in [0.5, 0.6) is 11.5 Å². The van der Waals surface area contributed by atoms with Crippen molar-refractivity contribution in [3.63, 3.8) is 0 Å². The third-order valence-corrected chi connectivity index (χ3v) is 6.59. The van der Waals surface area contributed by atoms with Crippen LogP contribution in [0.3, 0.4) is 0 Å². The first-order valence-electron chi connectivity index (χ1n) is 10.1. The first kappa shape index (κ1) is 25.1. The van der Waals surface area contributed by atoms with Crippen LogP contribution in [0.15, 0.2) is 45.8 Å². The number of imide groups is 1. The van der Waals surface area contributed by atoms with E-state index in [1.807, 2.05) is 13.8 Å². The molecular weight excluding hydrogens is 532 g/mol. The van der Waals surface area contributed by atoms with Gasteiger partial charge in [0.25, 0.3) is 11.1 Å². The molecule has 2 aromatic carbocycles. The third-order valence-electron chi connectivity index (χ3n) is 4.77. The van der Waals surface area contributed by atoms with Crippen molar-refractivity contribution < 1.29 is 23.9 Å². The Morgan fingerprint density at radius 1 is 1.30 bits per heavy atom. The molecule has 0 bridgehead atoms. The first-order valence-corrected chi connectivity index (χ1v) is 12.1. The summed E-state index contributed by atoms with van der Waals surface area (Å²) in [6.45, 7) is 3.56. The summed E-state index contributed by atoms with van der Waals surface area (Å²) in [4.78, 5) is 38.7. The third kappa shape index (κ3) is 6.10. The number of thioether (sulfide) groups is 1. The molecule has 1 fully saturated rings. The molecule has 1 aliphatic heterocycles. The smallest absolute Gasteiger partial charge is 0.294 e. The van der Waals surface area contributed by atoms with E-state index >= 15 is 0 Å². The molecule has 33 heavy (non-hydrogen) atoms. The molecule has 10 heteroatoms. The number of methoxy groups -OCH3 is 1. The van der Waals surface area contributed by atoms with Crippen LogP contribution in [0.25, 0.3) is 6.08 Å². The van der Waals surface area contributed by atoms with Gasteiger partial charge in [-0.15, -0.1) is 0 Å². The number of nitrogens with zero attached hydrogens (tertiary/aromatic N) is 1. The second-order valence-electron chi connectivity index (χ2n) is 7.17. The maximum Gasteiger partial charge on any atom is 0.294 e. The Balaban J connectivity index is 1.77. The Hall–Kier alpha value is -2.49. The monoisotopic (exact) mass is 552 g/mol. The molecule has 0 aromatic heterocycles. The lowest BCUT2D eigenvalue weighted by atomic mass is 10.1. The molecule has 0 spiro atoms. The van der Waals surface area contributed by atoms with E-state index in [0.29, 0.717) is 32.2 Å². The van der Waals surface area contributed by atoms with E-state index in [4.69, 9.17) is 21.1 Å². The molecule has 1 saturated heterocycles. The number of amides is 3. The van der Waals surface area contributed by atoms with Crippen molar-refractivity contribution in [2.24, 2.45) is 0 Å². The van der Waals surface area contributed by atoms with Gasteiger partial charge in [0.05, 0.1) is 33.3 Å². The molecule has 0 radical (unpaired) electrons. The molecule has 3 amide bonds. The molecule has 1 atom stereocenters. The average Bonchev–Trinajstić information content (AvgIpc) is 3.04. The molecule has 0 unspecified atom stereocenters. The molecule has 0 aliphatic carbocycles. The summed E-state index contributed by atoms with van der Waals surface area (Å²) in [6.07, 6.45) is 2.40. The number of anilines is 1. The zero-order chi connectivity index (χ0) is 24.1. The molecule has 3 rings (SSSR count). The fourth-order valence-corrected chi connectivity index (χ4v) is 4.48. The Labute approximate surface area is 209 Å². The van der Waals surface area contributed by atoms with E-state index in [1.54, 1.807) is 42.5 Å². The van der Waals surface area contributed by atoms with Crippen LogP contribution in [0, 0.1) is 0 Å². The van der Waals surface area contributed by atoms with Gasteiger partial charge >= 0.3 is 0 Å². The lowest BCUT2D eigenvalue weighted by Gasteiger charge is -2.17. The van der Waals surface area contributed by atoms with Crippen LogP contribution in [0.4, 0.5) is 10.5 Å². The van der Waals surface area contributed by atoms with Gasteiger partial charge in [-0.1, -0.05) is 30.7 Å². The number of carbonyl (C=O) groups is 3. The number of benzene rings is 2. The fourth-order valence-electron chi connectivity index (χ4n) is 2.91. The standard InChI is InChI=1S/C23H22BrClN2O5S/c1-4-13(2)32-21-15(24)9-14(10-18(21)31-3)11-19-22(29)27(23(30)33-19)12-20(28)26-17-8-6-5-7-16(17)25/h5-11,13H,4,12H2,1-3H3,(H,26,28)/b19-11+/t13-/m1/s1. The van der Waals surface area contributed by atoms with Gasteiger partial charge < -0.3 is 14.8 Å². The summed E-state index contributed by atoms with van der Waals surface area (Å²) in [7, 11) is 1.53. The number of hydrogen-bond acceptors (Lipinski definition) is 6. The zero-order valence-corrected chi connectivity index (χ0v) is 21.3. The summed E-state index contributed by atoms with van der Waals surface area (Å²) in [5.41, 5.74) is 1.05. The molecule has 174 valence electrons. The first-order chi connectivity index (χ1) is 15.7. The molecule has 2 aromatic rings. The van der Waals surface area contributed by atoms with Gasteiger partial charge in [0.1, 0.15) is 6.54 Å². The van der Waals surface area contributed by atoms with Crippen LogP contribution in [-0.2, 0) is 9.59 Å². The lowest BCUT2D eigenvalue weighted by Crippen LogP contribution is -2.36. The van der Waals surface area contributed by atoms with Gasteiger partial charge in [-0.05, 0) is 76.9 Å². The molecule has 1 aliphatic rings.